The fourth-order valence-electron chi connectivity index (χ4n) is 1.47. The van der Waals surface area contributed by atoms with Crippen molar-refractivity contribution in [2.75, 3.05) is 4.72 Å². The Hall–Kier alpha value is -1.24. The Labute approximate surface area is 124 Å². The lowest BCUT2D eigenvalue weighted by molar-refractivity contribution is 0.459. The van der Waals surface area contributed by atoms with Crippen LogP contribution in [0.1, 0.15) is 0 Å². The number of phenols is 1. The zero-order valence-corrected chi connectivity index (χ0v) is 12.6. The van der Waals surface area contributed by atoms with Crippen LogP contribution >= 0.6 is 27.5 Å². The molecule has 0 atom stereocenters. The van der Waals surface area contributed by atoms with Crippen molar-refractivity contribution in [3.63, 3.8) is 0 Å². The Morgan fingerprint density at radius 2 is 1.79 bits per heavy atom. The quantitative estimate of drug-likeness (QED) is 0.876. The number of aromatic hydroxyl groups is 1. The third-order valence-corrected chi connectivity index (χ3v) is 5.16. The smallest absolute Gasteiger partial charge is 0.265 e. The second kappa shape index (κ2) is 5.40. The maximum atomic E-state index is 12.2. The van der Waals surface area contributed by atoms with Crippen LogP contribution in [0.3, 0.4) is 0 Å². The molecule has 0 unspecified atom stereocenters. The van der Waals surface area contributed by atoms with E-state index < -0.39 is 10.0 Å². The summed E-state index contributed by atoms with van der Waals surface area (Å²) >= 11 is 9.09. The van der Waals surface area contributed by atoms with Crippen molar-refractivity contribution >= 4 is 43.2 Å². The largest absolute Gasteiger partial charge is 0.507 e. The molecule has 0 saturated carbocycles. The molecule has 0 bridgehead atoms. The number of para-hydroxylation sites is 1. The number of anilines is 1. The summed E-state index contributed by atoms with van der Waals surface area (Å²) in [6.45, 7) is 0. The molecule has 0 saturated heterocycles. The van der Waals surface area contributed by atoms with Crippen LogP contribution < -0.4 is 4.72 Å². The lowest BCUT2D eigenvalue weighted by Gasteiger charge is -2.11. The average Bonchev–Trinajstić information content (AvgIpc) is 2.35. The van der Waals surface area contributed by atoms with Crippen molar-refractivity contribution in [2.45, 2.75) is 4.90 Å². The molecule has 100 valence electrons. The predicted molar refractivity (Wildman–Crippen MR) is 78.1 cm³/mol. The molecular weight excluding hydrogens is 354 g/mol. The summed E-state index contributed by atoms with van der Waals surface area (Å²) in [5, 5.41) is 9.98. The zero-order valence-electron chi connectivity index (χ0n) is 9.47. The monoisotopic (exact) mass is 361 g/mol. The summed E-state index contributed by atoms with van der Waals surface area (Å²) in [7, 11) is -3.87. The minimum atomic E-state index is -3.87. The fourth-order valence-corrected chi connectivity index (χ4v) is 3.31. The summed E-state index contributed by atoms with van der Waals surface area (Å²) in [6.07, 6.45) is 0. The maximum absolute atomic E-state index is 12.2. The highest BCUT2D eigenvalue weighted by Gasteiger charge is 2.19. The molecule has 0 heterocycles. The van der Waals surface area contributed by atoms with Gasteiger partial charge < -0.3 is 5.11 Å². The van der Waals surface area contributed by atoms with E-state index in [-0.39, 0.29) is 10.6 Å². The molecule has 0 aromatic heterocycles. The van der Waals surface area contributed by atoms with Crippen molar-refractivity contribution in [1.82, 2.24) is 0 Å². The Morgan fingerprint density at radius 3 is 2.47 bits per heavy atom. The molecule has 0 aliphatic rings. The molecule has 4 nitrogen and oxygen atoms in total. The van der Waals surface area contributed by atoms with Gasteiger partial charge >= 0.3 is 0 Å². The van der Waals surface area contributed by atoms with Gasteiger partial charge in [-0.15, -0.1) is 0 Å². The second-order valence-electron chi connectivity index (χ2n) is 3.67. The van der Waals surface area contributed by atoms with Crippen LogP contribution in [0.15, 0.2) is 51.8 Å². The van der Waals surface area contributed by atoms with Gasteiger partial charge in [-0.05, 0) is 40.2 Å². The summed E-state index contributed by atoms with van der Waals surface area (Å²) < 4.78 is 27.1. The number of halogens is 2. The van der Waals surface area contributed by atoms with E-state index in [0.29, 0.717) is 15.2 Å². The fraction of sp³-hybridized carbons (Fsp3) is 0. The number of benzene rings is 2. The summed E-state index contributed by atoms with van der Waals surface area (Å²) in [6, 6.07) is 10.5. The molecular formula is C12H9BrClNO3S. The molecule has 2 N–H and O–H groups in total. The van der Waals surface area contributed by atoms with Crippen LogP contribution in [0.2, 0.25) is 5.02 Å². The van der Waals surface area contributed by atoms with Gasteiger partial charge in [-0.3, -0.25) is 4.72 Å². The van der Waals surface area contributed by atoms with E-state index in [1.54, 1.807) is 24.3 Å². The molecule has 7 heteroatoms. The Morgan fingerprint density at radius 1 is 1.11 bits per heavy atom. The summed E-state index contributed by atoms with van der Waals surface area (Å²) in [5.41, 5.74) is 0.302. The second-order valence-corrected chi connectivity index (χ2v) is 6.53. The minimum absolute atomic E-state index is 0.193. The van der Waals surface area contributed by atoms with Crippen LogP contribution in [0.25, 0.3) is 0 Å². The Kier molecular flexibility index (Phi) is 4.03. The van der Waals surface area contributed by atoms with Gasteiger partial charge in [0.05, 0.1) is 15.2 Å². The highest BCUT2D eigenvalue weighted by atomic mass is 79.9. The topological polar surface area (TPSA) is 66.4 Å². The van der Waals surface area contributed by atoms with Gasteiger partial charge in [-0.25, -0.2) is 8.42 Å². The van der Waals surface area contributed by atoms with Gasteiger partial charge in [-0.1, -0.05) is 29.8 Å². The van der Waals surface area contributed by atoms with E-state index in [0.717, 1.165) is 0 Å². The third kappa shape index (κ3) is 3.02. The number of hydrogen-bond donors (Lipinski definition) is 2. The van der Waals surface area contributed by atoms with Gasteiger partial charge in [0.15, 0.2) is 0 Å². The lowest BCUT2D eigenvalue weighted by atomic mass is 10.3. The molecule has 0 aliphatic carbocycles. The van der Waals surface area contributed by atoms with Crippen LogP contribution in [0.4, 0.5) is 5.69 Å². The van der Waals surface area contributed by atoms with Crippen molar-refractivity contribution < 1.29 is 13.5 Å². The van der Waals surface area contributed by atoms with E-state index in [2.05, 4.69) is 20.7 Å². The van der Waals surface area contributed by atoms with Gasteiger partial charge in [0.2, 0.25) is 0 Å². The Balaban J connectivity index is 2.43. The SMILES string of the molecule is O=S(=O)(Nc1cccc(Cl)c1Br)c1ccccc1O. The zero-order chi connectivity index (χ0) is 14.0. The van der Waals surface area contributed by atoms with Crippen LogP contribution in [-0.4, -0.2) is 13.5 Å². The molecule has 0 spiro atoms. The lowest BCUT2D eigenvalue weighted by Crippen LogP contribution is -2.13. The van der Waals surface area contributed by atoms with E-state index in [1.807, 2.05) is 0 Å². The molecule has 0 fully saturated rings. The van der Waals surface area contributed by atoms with Crippen molar-refractivity contribution in [3.8, 4) is 5.75 Å². The van der Waals surface area contributed by atoms with Crippen molar-refractivity contribution in [1.29, 1.82) is 0 Å². The number of phenolic OH excluding ortho intramolecular Hbond substituents is 1. The van der Waals surface area contributed by atoms with Gasteiger partial charge in [0.25, 0.3) is 10.0 Å². The minimum Gasteiger partial charge on any atom is -0.507 e. The van der Waals surface area contributed by atoms with E-state index in [4.69, 9.17) is 11.6 Å². The first-order chi connectivity index (χ1) is 8.92. The van der Waals surface area contributed by atoms with Gasteiger partial charge in [0.1, 0.15) is 10.6 Å². The molecule has 19 heavy (non-hydrogen) atoms. The molecule has 2 rings (SSSR count). The van der Waals surface area contributed by atoms with E-state index >= 15 is 0 Å². The third-order valence-electron chi connectivity index (χ3n) is 2.35. The average molecular weight is 363 g/mol. The summed E-state index contributed by atoms with van der Waals surface area (Å²) in [5.74, 6) is -0.312. The first-order valence-electron chi connectivity index (χ1n) is 5.16. The Bertz CT molecular complexity index is 719. The first kappa shape index (κ1) is 14.2. The van der Waals surface area contributed by atoms with Gasteiger partial charge in [0, 0.05) is 0 Å². The number of sulfonamides is 1. The number of rotatable bonds is 3. The molecule has 2 aromatic carbocycles. The predicted octanol–water partition coefficient (Wildman–Crippen LogP) is 3.61. The molecule has 2 aromatic rings. The van der Waals surface area contributed by atoms with Crippen LogP contribution in [0, 0.1) is 0 Å². The van der Waals surface area contributed by atoms with Gasteiger partial charge in [-0.2, -0.15) is 0 Å². The molecule has 0 amide bonds. The normalized spacial score (nSPS) is 11.3. The highest BCUT2D eigenvalue weighted by Crippen LogP contribution is 2.32. The molecule has 0 radical (unpaired) electrons. The van der Waals surface area contributed by atoms with Crippen LogP contribution in [0.5, 0.6) is 5.75 Å². The van der Waals surface area contributed by atoms with Crippen molar-refractivity contribution in [3.05, 3.63) is 52.0 Å². The molecule has 0 aliphatic heterocycles. The summed E-state index contributed by atoms with van der Waals surface area (Å²) in [4.78, 5) is -0.193. The van der Waals surface area contributed by atoms with Crippen LogP contribution in [-0.2, 0) is 10.0 Å². The highest BCUT2D eigenvalue weighted by molar-refractivity contribution is 9.10. The van der Waals surface area contributed by atoms with Crippen molar-refractivity contribution in [2.24, 2.45) is 0 Å². The van der Waals surface area contributed by atoms with E-state index in [1.165, 1.54) is 18.2 Å². The standard InChI is InChI=1S/C12H9BrClNO3S/c13-12-8(14)4-3-5-9(12)15-19(17,18)11-7-2-1-6-10(11)16/h1-7,15-16H. The van der Waals surface area contributed by atoms with E-state index in [9.17, 15) is 13.5 Å². The maximum Gasteiger partial charge on any atom is 0.265 e. The number of hydrogen-bond acceptors (Lipinski definition) is 3. The first-order valence-corrected chi connectivity index (χ1v) is 7.82. The number of nitrogens with one attached hydrogen (secondary N) is 1.